The maximum atomic E-state index is 11.2. The normalized spacial score (nSPS) is 9.77. The second-order valence-electron chi connectivity index (χ2n) is 2.45. The summed E-state index contributed by atoms with van der Waals surface area (Å²) >= 11 is 0. The van der Waals surface area contributed by atoms with Crippen LogP contribution in [0.25, 0.3) is 0 Å². The zero-order valence-corrected chi connectivity index (χ0v) is 7.57. The second-order valence-corrected chi connectivity index (χ2v) is 2.45. The predicted octanol–water partition coefficient (Wildman–Crippen LogP) is -2.06. The maximum absolute atomic E-state index is 11.2. The van der Waals surface area contributed by atoms with Gasteiger partial charge in [0.2, 0.25) is 0 Å². The Morgan fingerprint density at radius 2 is 1.85 bits per heavy atom. The Bertz CT molecular complexity index is 137. The monoisotopic (exact) mass is 191 g/mol. The highest BCUT2D eigenvalue weighted by atomic mass is 16.3. The van der Waals surface area contributed by atoms with E-state index < -0.39 is 0 Å². The van der Waals surface area contributed by atoms with Gasteiger partial charge in [-0.05, 0) is 0 Å². The van der Waals surface area contributed by atoms with Crippen LogP contribution in [0.4, 0.5) is 4.79 Å². The molecule has 0 unspecified atom stereocenters. The molecule has 0 aromatic rings. The van der Waals surface area contributed by atoms with E-state index in [2.05, 4.69) is 5.32 Å². The van der Waals surface area contributed by atoms with Crippen molar-refractivity contribution in [3.05, 3.63) is 0 Å². The summed E-state index contributed by atoms with van der Waals surface area (Å²) in [5.74, 6) is 0. The lowest BCUT2D eigenvalue weighted by molar-refractivity contribution is 0.158. The van der Waals surface area contributed by atoms with Crippen molar-refractivity contribution in [3.63, 3.8) is 0 Å². The summed E-state index contributed by atoms with van der Waals surface area (Å²) in [6, 6.07) is -0.312. The second kappa shape index (κ2) is 7.78. The van der Waals surface area contributed by atoms with Gasteiger partial charge in [-0.2, -0.15) is 0 Å². The van der Waals surface area contributed by atoms with Gasteiger partial charge in [-0.15, -0.1) is 0 Å². The maximum Gasteiger partial charge on any atom is 0.317 e. The summed E-state index contributed by atoms with van der Waals surface area (Å²) in [6.07, 6.45) is 0. The Kier molecular flexibility index (Phi) is 7.27. The van der Waals surface area contributed by atoms with Crippen LogP contribution >= 0.6 is 0 Å². The Hall–Kier alpha value is -0.850. The van der Waals surface area contributed by atoms with E-state index in [-0.39, 0.29) is 32.3 Å². The Morgan fingerprint density at radius 3 is 2.23 bits per heavy atom. The quantitative estimate of drug-likeness (QED) is 0.388. The first-order valence-corrected chi connectivity index (χ1v) is 4.20. The molecule has 0 aromatic carbocycles. The standard InChI is InChI=1S/C7H17N3O3/c8-1-2-9-7(13)10(3-5-11)4-6-12/h11-12H,1-6,8H2,(H,9,13). The third-order valence-corrected chi connectivity index (χ3v) is 1.45. The molecule has 0 radical (unpaired) electrons. The molecule has 0 aliphatic rings. The van der Waals surface area contributed by atoms with E-state index in [1.165, 1.54) is 4.90 Å². The van der Waals surface area contributed by atoms with Crippen LogP contribution in [0.5, 0.6) is 0 Å². The molecule has 0 saturated carbocycles. The molecule has 0 aromatic heterocycles. The molecule has 0 fully saturated rings. The van der Waals surface area contributed by atoms with Crippen molar-refractivity contribution in [2.45, 2.75) is 0 Å². The van der Waals surface area contributed by atoms with Crippen molar-refractivity contribution < 1.29 is 15.0 Å². The van der Waals surface area contributed by atoms with E-state index in [1.54, 1.807) is 0 Å². The van der Waals surface area contributed by atoms with E-state index in [1.807, 2.05) is 0 Å². The molecule has 6 heteroatoms. The summed E-state index contributed by atoms with van der Waals surface area (Å²) in [6.45, 7) is 0.976. The number of carbonyl (C=O) groups is 1. The molecule has 0 rings (SSSR count). The van der Waals surface area contributed by atoms with E-state index in [0.717, 1.165) is 0 Å². The van der Waals surface area contributed by atoms with Crippen LogP contribution in [-0.2, 0) is 0 Å². The Balaban J connectivity index is 3.80. The first-order chi connectivity index (χ1) is 6.26. The number of nitrogens with two attached hydrogens (primary N) is 1. The SMILES string of the molecule is NCCNC(=O)N(CCO)CCO. The lowest BCUT2D eigenvalue weighted by Crippen LogP contribution is -2.44. The third-order valence-electron chi connectivity index (χ3n) is 1.45. The van der Waals surface area contributed by atoms with Crippen molar-refractivity contribution in [2.75, 3.05) is 39.4 Å². The van der Waals surface area contributed by atoms with Gasteiger partial charge in [-0.25, -0.2) is 4.79 Å². The van der Waals surface area contributed by atoms with Crippen LogP contribution in [-0.4, -0.2) is 60.5 Å². The van der Waals surface area contributed by atoms with E-state index in [0.29, 0.717) is 13.1 Å². The zero-order chi connectivity index (χ0) is 10.1. The van der Waals surface area contributed by atoms with Crippen LogP contribution in [0.1, 0.15) is 0 Å². The number of carbonyl (C=O) groups excluding carboxylic acids is 1. The first kappa shape index (κ1) is 12.2. The summed E-state index contributed by atoms with van der Waals surface area (Å²) in [7, 11) is 0. The molecule has 78 valence electrons. The summed E-state index contributed by atoms with van der Waals surface area (Å²) < 4.78 is 0. The number of urea groups is 1. The number of amides is 2. The molecule has 0 spiro atoms. The van der Waals surface area contributed by atoms with Gasteiger partial charge in [0.1, 0.15) is 0 Å². The van der Waals surface area contributed by atoms with Gasteiger partial charge in [0.25, 0.3) is 0 Å². The first-order valence-electron chi connectivity index (χ1n) is 4.20. The summed E-state index contributed by atoms with van der Waals surface area (Å²) in [5.41, 5.74) is 5.19. The minimum atomic E-state index is -0.312. The number of aliphatic hydroxyl groups excluding tert-OH is 2. The number of hydrogen-bond donors (Lipinski definition) is 4. The fourth-order valence-electron chi connectivity index (χ4n) is 0.847. The van der Waals surface area contributed by atoms with E-state index >= 15 is 0 Å². The van der Waals surface area contributed by atoms with Crippen molar-refractivity contribution in [1.82, 2.24) is 10.2 Å². The van der Waals surface area contributed by atoms with Gasteiger partial charge in [0, 0.05) is 26.2 Å². The average molecular weight is 191 g/mol. The molecule has 13 heavy (non-hydrogen) atoms. The summed E-state index contributed by atoms with van der Waals surface area (Å²) in [5, 5.41) is 19.8. The highest BCUT2D eigenvalue weighted by molar-refractivity contribution is 5.74. The fourth-order valence-corrected chi connectivity index (χ4v) is 0.847. The largest absolute Gasteiger partial charge is 0.395 e. The van der Waals surface area contributed by atoms with Crippen molar-refractivity contribution in [1.29, 1.82) is 0 Å². The predicted molar refractivity (Wildman–Crippen MR) is 48.2 cm³/mol. The summed E-state index contributed by atoms with van der Waals surface area (Å²) in [4.78, 5) is 12.5. The van der Waals surface area contributed by atoms with Gasteiger partial charge in [-0.3, -0.25) is 0 Å². The highest BCUT2D eigenvalue weighted by Crippen LogP contribution is 1.87. The molecule has 0 aliphatic carbocycles. The van der Waals surface area contributed by atoms with E-state index in [4.69, 9.17) is 15.9 Å². The van der Waals surface area contributed by atoms with Crippen LogP contribution in [0, 0.1) is 0 Å². The van der Waals surface area contributed by atoms with Crippen molar-refractivity contribution in [2.24, 2.45) is 5.73 Å². The van der Waals surface area contributed by atoms with Gasteiger partial charge < -0.3 is 26.2 Å². The molecule has 6 nitrogen and oxygen atoms in total. The Morgan fingerprint density at radius 1 is 1.31 bits per heavy atom. The van der Waals surface area contributed by atoms with Crippen LogP contribution in [0.15, 0.2) is 0 Å². The lowest BCUT2D eigenvalue weighted by Gasteiger charge is -2.20. The molecule has 0 aliphatic heterocycles. The average Bonchev–Trinajstić information content (AvgIpc) is 2.14. The van der Waals surface area contributed by atoms with E-state index in [9.17, 15) is 4.79 Å². The number of rotatable bonds is 6. The molecule has 0 saturated heterocycles. The van der Waals surface area contributed by atoms with Crippen molar-refractivity contribution >= 4 is 6.03 Å². The molecule has 0 bridgehead atoms. The van der Waals surface area contributed by atoms with Gasteiger partial charge in [0.15, 0.2) is 0 Å². The van der Waals surface area contributed by atoms with Gasteiger partial charge in [-0.1, -0.05) is 0 Å². The molecular formula is C7H17N3O3. The number of nitrogens with zero attached hydrogens (tertiary/aromatic N) is 1. The third kappa shape index (κ3) is 5.40. The van der Waals surface area contributed by atoms with Gasteiger partial charge in [0.05, 0.1) is 13.2 Å². The number of nitrogens with one attached hydrogen (secondary N) is 1. The van der Waals surface area contributed by atoms with Crippen LogP contribution in [0.3, 0.4) is 0 Å². The zero-order valence-electron chi connectivity index (χ0n) is 7.57. The molecular weight excluding hydrogens is 174 g/mol. The minimum absolute atomic E-state index is 0.115. The minimum Gasteiger partial charge on any atom is -0.395 e. The van der Waals surface area contributed by atoms with Crippen LogP contribution in [0.2, 0.25) is 0 Å². The van der Waals surface area contributed by atoms with Crippen molar-refractivity contribution in [3.8, 4) is 0 Å². The number of hydrogen-bond acceptors (Lipinski definition) is 4. The fraction of sp³-hybridized carbons (Fsp3) is 0.857. The lowest BCUT2D eigenvalue weighted by atomic mass is 10.5. The molecule has 5 N–H and O–H groups in total. The molecule has 2 amide bonds. The highest BCUT2D eigenvalue weighted by Gasteiger charge is 2.10. The van der Waals surface area contributed by atoms with Crippen LogP contribution < -0.4 is 11.1 Å². The molecule has 0 atom stereocenters. The Labute approximate surface area is 77.3 Å². The molecule has 0 heterocycles. The smallest absolute Gasteiger partial charge is 0.317 e. The van der Waals surface area contributed by atoms with Gasteiger partial charge >= 0.3 is 6.03 Å². The number of aliphatic hydroxyl groups is 2. The topological polar surface area (TPSA) is 98.8 Å².